The van der Waals surface area contributed by atoms with E-state index in [-0.39, 0.29) is 28.4 Å². The summed E-state index contributed by atoms with van der Waals surface area (Å²) in [6, 6.07) is 5.95. The Kier molecular flexibility index (Phi) is 3.42. The van der Waals surface area contributed by atoms with E-state index in [1.165, 1.54) is 12.1 Å². The third-order valence-electron chi connectivity index (χ3n) is 3.33. The van der Waals surface area contributed by atoms with Crippen LogP contribution in [0.3, 0.4) is 0 Å². The summed E-state index contributed by atoms with van der Waals surface area (Å²) in [6.07, 6.45) is 0. The minimum absolute atomic E-state index is 0.0442. The predicted molar refractivity (Wildman–Crippen MR) is 72.7 cm³/mol. The van der Waals surface area contributed by atoms with Crippen LogP contribution in [0, 0.1) is 11.7 Å². The second-order valence-electron chi connectivity index (χ2n) is 4.43. The van der Waals surface area contributed by atoms with Crippen LogP contribution in [0.2, 0.25) is 0 Å². The van der Waals surface area contributed by atoms with Crippen molar-refractivity contribution in [3.05, 3.63) is 35.6 Å². The maximum absolute atomic E-state index is 13.2. The maximum Gasteiger partial charge on any atom is 0.154 e. The van der Waals surface area contributed by atoms with Crippen molar-refractivity contribution in [2.45, 2.75) is 18.1 Å². The van der Waals surface area contributed by atoms with E-state index in [1.807, 2.05) is 0 Å². The summed E-state index contributed by atoms with van der Waals surface area (Å²) < 4.78 is 37.0. The fourth-order valence-corrected chi connectivity index (χ4v) is 4.58. The van der Waals surface area contributed by atoms with Gasteiger partial charge in [0, 0.05) is 17.6 Å². The third kappa shape index (κ3) is 2.27. The van der Waals surface area contributed by atoms with Gasteiger partial charge in [-0.25, -0.2) is 12.8 Å². The van der Waals surface area contributed by atoms with Gasteiger partial charge in [0.05, 0.1) is 10.2 Å². The zero-order valence-corrected chi connectivity index (χ0v) is 11.5. The molecule has 3 atom stereocenters. The normalized spacial score (nSPS) is 26.9. The topological polar surface area (TPSA) is 60.2 Å². The van der Waals surface area contributed by atoms with E-state index in [9.17, 15) is 12.8 Å². The molecule has 0 heterocycles. The highest BCUT2D eigenvalue weighted by Gasteiger charge is 2.59. The first-order chi connectivity index (χ1) is 8.38. The third-order valence-corrected chi connectivity index (χ3v) is 5.83. The molecule has 1 saturated carbocycles. The van der Waals surface area contributed by atoms with Gasteiger partial charge in [-0.15, -0.1) is 0 Å². The van der Waals surface area contributed by atoms with Crippen LogP contribution < -0.4 is 5.73 Å². The Morgan fingerprint density at radius 2 is 2.17 bits per heavy atom. The summed E-state index contributed by atoms with van der Waals surface area (Å²) in [5.41, 5.74) is 6.23. The molecule has 1 aromatic rings. The molecule has 0 radical (unpaired) electrons. The molecule has 0 saturated heterocycles. The van der Waals surface area contributed by atoms with Crippen LogP contribution >= 0.6 is 12.2 Å². The van der Waals surface area contributed by atoms with Gasteiger partial charge in [-0.3, -0.25) is 0 Å². The number of nitrogens with two attached hydrogens (primary N) is 1. The number of hydrogen-bond donors (Lipinski definition) is 1. The molecule has 2 rings (SSSR count). The van der Waals surface area contributed by atoms with Crippen molar-refractivity contribution >= 4 is 27.0 Å². The number of thiocarbonyl (C=S) groups is 1. The van der Waals surface area contributed by atoms with E-state index >= 15 is 0 Å². The molecule has 98 valence electrons. The van der Waals surface area contributed by atoms with Gasteiger partial charge in [-0.2, -0.15) is 0 Å². The fraction of sp³-hybridized carbons (Fsp3) is 0.417. The summed E-state index contributed by atoms with van der Waals surface area (Å²) in [5.74, 6) is -1.01. The molecule has 18 heavy (non-hydrogen) atoms. The Morgan fingerprint density at radius 3 is 2.67 bits per heavy atom. The molecule has 0 spiro atoms. The van der Waals surface area contributed by atoms with Gasteiger partial charge in [-0.1, -0.05) is 31.3 Å². The van der Waals surface area contributed by atoms with Crippen molar-refractivity contribution in [1.29, 1.82) is 0 Å². The van der Waals surface area contributed by atoms with Crippen LogP contribution in [0.5, 0.6) is 0 Å². The molecule has 0 aromatic heterocycles. The van der Waals surface area contributed by atoms with E-state index in [0.717, 1.165) is 0 Å². The van der Waals surface area contributed by atoms with Gasteiger partial charge in [0.2, 0.25) is 0 Å². The van der Waals surface area contributed by atoms with Crippen molar-refractivity contribution in [2.75, 3.05) is 5.75 Å². The lowest BCUT2D eigenvalue weighted by atomic mass is 10.1. The Morgan fingerprint density at radius 1 is 1.50 bits per heavy atom. The maximum atomic E-state index is 13.2. The van der Waals surface area contributed by atoms with Crippen LogP contribution in [0.1, 0.15) is 18.4 Å². The molecule has 3 unspecified atom stereocenters. The molecule has 1 aliphatic rings. The Hall–Kier alpha value is -1.01. The molecule has 1 aliphatic carbocycles. The predicted octanol–water partition coefficient (Wildman–Crippen LogP) is 1.63. The van der Waals surface area contributed by atoms with Gasteiger partial charge >= 0.3 is 0 Å². The largest absolute Gasteiger partial charge is 0.393 e. The first-order valence-electron chi connectivity index (χ1n) is 5.65. The lowest BCUT2D eigenvalue weighted by Gasteiger charge is -2.00. The van der Waals surface area contributed by atoms with E-state index in [1.54, 1.807) is 19.1 Å². The molecular weight excluding hydrogens is 273 g/mol. The number of benzene rings is 1. The van der Waals surface area contributed by atoms with Crippen molar-refractivity contribution in [2.24, 2.45) is 11.7 Å². The van der Waals surface area contributed by atoms with Crippen LogP contribution in [-0.4, -0.2) is 24.4 Å². The highest BCUT2D eigenvalue weighted by molar-refractivity contribution is 7.92. The van der Waals surface area contributed by atoms with E-state index in [0.29, 0.717) is 5.56 Å². The zero-order valence-electron chi connectivity index (χ0n) is 9.84. The summed E-state index contributed by atoms with van der Waals surface area (Å²) in [6.45, 7) is 1.59. The van der Waals surface area contributed by atoms with Crippen LogP contribution in [0.15, 0.2) is 24.3 Å². The van der Waals surface area contributed by atoms with Crippen LogP contribution in [0.4, 0.5) is 4.39 Å². The number of rotatable bonds is 4. The molecule has 6 heteroatoms. The van der Waals surface area contributed by atoms with Crippen LogP contribution in [-0.2, 0) is 9.84 Å². The minimum Gasteiger partial charge on any atom is -0.393 e. The number of hydrogen-bond acceptors (Lipinski definition) is 3. The van der Waals surface area contributed by atoms with Crippen LogP contribution in [0.25, 0.3) is 0 Å². The van der Waals surface area contributed by atoms with Gasteiger partial charge in [-0.05, 0) is 17.7 Å². The standard InChI is InChI=1S/C12H14FNO2S2/c1-2-18(15,16)11-9(10(11)12(14)17)7-4-3-5-8(13)6-7/h3-6,9-11H,2H2,1H3,(H2,14,17). The fourth-order valence-electron chi connectivity index (χ4n) is 2.37. The average molecular weight is 287 g/mol. The first kappa shape index (κ1) is 13.4. The van der Waals surface area contributed by atoms with Gasteiger partial charge in [0.15, 0.2) is 9.84 Å². The number of sulfone groups is 1. The van der Waals surface area contributed by atoms with E-state index in [4.69, 9.17) is 18.0 Å². The molecule has 3 nitrogen and oxygen atoms in total. The van der Waals surface area contributed by atoms with Crippen molar-refractivity contribution in [3.8, 4) is 0 Å². The Labute approximate surface area is 111 Å². The monoisotopic (exact) mass is 287 g/mol. The first-order valence-corrected chi connectivity index (χ1v) is 7.77. The molecule has 0 aliphatic heterocycles. The van der Waals surface area contributed by atoms with Gasteiger partial charge in [0.1, 0.15) is 5.82 Å². The summed E-state index contributed by atoms with van der Waals surface area (Å²) >= 11 is 4.91. The highest BCUT2D eigenvalue weighted by Crippen LogP contribution is 2.52. The minimum atomic E-state index is -3.22. The SMILES string of the molecule is CCS(=O)(=O)C1C(C(N)=S)C1c1cccc(F)c1. The summed E-state index contributed by atoms with van der Waals surface area (Å²) in [5, 5.41) is -0.596. The lowest BCUT2D eigenvalue weighted by molar-refractivity contribution is 0.594. The van der Waals surface area contributed by atoms with E-state index in [2.05, 4.69) is 0 Å². The van der Waals surface area contributed by atoms with Gasteiger partial charge in [0.25, 0.3) is 0 Å². The zero-order chi connectivity index (χ0) is 13.5. The second kappa shape index (κ2) is 4.59. The molecule has 0 bridgehead atoms. The van der Waals surface area contributed by atoms with Crippen molar-refractivity contribution in [3.63, 3.8) is 0 Å². The highest BCUT2D eigenvalue weighted by atomic mass is 32.2. The molecule has 1 aromatic carbocycles. The summed E-state index contributed by atoms with van der Waals surface area (Å²) in [4.78, 5) is 0.186. The average Bonchev–Trinajstić information content (AvgIpc) is 3.05. The molecule has 1 fully saturated rings. The molecule has 0 amide bonds. The van der Waals surface area contributed by atoms with Gasteiger partial charge < -0.3 is 5.73 Å². The smallest absolute Gasteiger partial charge is 0.154 e. The molecule has 2 N–H and O–H groups in total. The lowest BCUT2D eigenvalue weighted by Crippen LogP contribution is -2.18. The Bertz CT molecular complexity index is 585. The quantitative estimate of drug-likeness (QED) is 0.855. The summed E-state index contributed by atoms with van der Waals surface area (Å²) in [7, 11) is -3.22. The van der Waals surface area contributed by atoms with Crippen molar-refractivity contribution in [1.82, 2.24) is 0 Å². The Balaban J connectivity index is 2.37. The second-order valence-corrected chi connectivity index (χ2v) is 7.34. The number of halogens is 1. The van der Waals surface area contributed by atoms with Crippen molar-refractivity contribution < 1.29 is 12.8 Å². The molecular formula is C12H14FNO2S2. The van der Waals surface area contributed by atoms with E-state index < -0.39 is 15.1 Å².